The van der Waals surface area contributed by atoms with Crippen molar-refractivity contribution in [2.45, 2.75) is 25.5 Å². The molecule has 1 aromatic rings. The monoisotopic (exact) mass is 281 g/mol. The predicted octanol–water partition coefficient (Wildman–Crippen LogP) is 1.67. The lowest BCUT2D eigenvalue weighted by Gasteiger charge is -2.30. The number of benzene rings is 1. The van der Waals surface area contributed by atoms with E-state index in [-0.39, 0.29) is 6.10 Å². The van der Waals surface area contributed by atoms with E-state index in [4.69, 9.17) is 14.2 Å². The maximum Gasteiger partial charge on any atom is 0.164 e. The number of rotatable bonds is 5. The molecule has 0 radical (unpaired) electrons. The van der Waals surface area contributed by atoms with Gasteiger partial charge < -0.3 is 19.3 Å². The molecule has 5 heteroatoms. The molecule has 0 saturated carbocycles. The number of methoxy groups -OCH3 is 3. The number of piperidine rings is 1. The maximum absolute atomic E-state index is 9.75. The standard InChI is InChI=1S/C15H23NO4/c1-18-13-8-15(20-3)14(19-2)7-11(13)9-16-6-4-5-12(17)10-16/h7-8,12,17H,4-6,9-10H2,1-3H3/t12-/m0/s1. The van der Waals surface area contributed by atoms with Crippen LogP contribution in [-0.2, 0) is 6.54 Å². The minimum atomic E-state index is -0.227. The molecule has 0 aromatic heterocycles. The second-order valence-corrected chi connectivity index (χ2v) is 5.05. The molecule has 1 atom stereocenters. The summed E-state index contributed by atoms with van der Waals surface area (Å²) < 4.78 is 16.1. The first-order chi connectivity index (χ1) is 9.67. The number of hydrogen-bond donors (Lipinski definition) is 1. The summed E-state index contributed by atoms with van der Waals surface area (Å²) in [6, 6.07) is 3.78. The summed E-state index contributed by atoms with van der Waals surface area (Å²) in [7, 11) is 4.88. The third-order valence-corrected chi connectivity index (χ3v) is 3.66. The minimum absolute atomic E-state index is 0.227. The van der Waals surface area contributed by atoms with E-state index in [1.165, 1.54) is 0 Å². The van der Waals surface area contributed by atoms with Gasteiger partial charge in [-0.1, -0.05) is 0 Å². The van der Waals surface area contributed by atoms with E-state index in [0.717, 1.165) is 37.2 Å². The van der Waals surface area contributed by atoms with Crippen molar-refractivity contribution in [3.05, 3.63) is 17.7 Å². The van der Waals surface area contributed by atoms with E-state index >= 15 is 0 Å². The zero-order chi connectivity index (χ0) is 14.5. The summed E-state index contributed by atoms with van der Waals surface area (Å²) in [5, 5.41) is 9.75. The normalized spacial score (nSPS) is 19.7. The van der Waals surface area contributed by atoms with Crippen molar-refractivity contribution in [3.8, 4) is 17.2 Å². The van der Waals surface area contributed by atoms with E-state index in [1.807, 2.05) is 12.1 Å². The second-order valence-electron chi connectivity index (χ2n) is 5.05. The van der Waals surface area contributed by atoms with Gasteiger partial charge in [-0.25, -0.2) is 0 Å². The first kappa shape index (κ1) is 14.9. The van der Waals surface area contributed by atoms with Crippen LogP contribution in [0, 0.1) is 0 Å². The molecule has 0 unspecified atom stereocenters. The van der Waals surface area contributed by atoms with E-state index in [9.17, 15) is 5.11 Å². The van der Waals surface area contributed by atoms with Crippen molar-refractivity contribution in [2.24, 2.45) is 0 Å². The van der Waals surface area contributed by atoms with Crippen LogP contribution in [0.25, 0.3) is 0 Å². The van der Waals surface area contributed by atoms with Crippen molar-refractivity contribution in [2.75, 3.05) is 34.4 Å². The van der Waals surface area contributed by atoms with Gasteiger partial charge in [-0.05, 0) is 25.5 Å². The Morgan fingerprint density at radius 3 is 2.35 bits per heavy atom. The van der Waals surface area contributed by atoms with Gasteiger partial charge in [-0.15, -0.1) is 0 Å². The molecule has 0 aliphatic carbocycles. The van der Waals surface area contributed by atoms with Crippen LogP contribution in [0.2, 0.25) is 0 Å². The van der Waals surface area contributed by atoms with Gasteiger partial charge in [0.25, 0.3) is 0 Å². The first-order valence-electron chi connectivity index (χ1n) is 6.87. The molecular formula is C15H23NO4. The highest BCUT2D eigenvalue weighted by molar-refractivity contribution is 5.50. The number of likely N-dealkylation sites (tertiary alicyclic amines) is 1. The van der Waals surface area contributed by atoms with E-state index in [0.29, 0.717) is 18.0 Å². The van der Waals surface area contributed by atoms with Gasteiger partial charge in [0.15, 0.2) is 11.5 Å². The molecule has 1 saturated heterocycles. The Hall–Kier alpha value is -1.46. The van der Waals surface area contributed by atoms with Gasteiger partial charge in [0, 0.05) is 24.7 Å². The van der Waals surface area contributed by atoms with Crippen LogP contribution < -0.4 is 14.2 Å². The molecular weight excluding hydrogens is 258 g/mol. The molecule has 1 fully saturated rings. The number of β-amino-alcohol motifs (C(OH)–C–C–N with tert-alkyl or cyclic N) is 1. The van der Waals surface area contributed by atoms with Crippen molar-refractivity contribution >= 4 is 0 Å². The number of hydrogen-bond acceptors (Lipinski definition) is 5. The summed E-state index contributed by atoms with van der Waals surface area (Å²) in [6.45, 7) is 2.44. The highest BCUT2D eigenvalue weighted by atomic mass is 16.5. The summed E-state index contributed by atoms with van der Waals surface area (Å²) in [5.41, 5.74) is 1.04. The topological polar surface area (TPSA) is 51.2 Å². The highest BCUT2D eigenvalue weighted by Crippen LogP contribution is 2.35. The van der Waals surface area contributed by atoms with E-state index in [2.05, 4.69) is 4.90 Å². The lowest BCUT2D eigenvalue weighted by Crippen LogP contribution is -2.37. The first-order valence-corrected chi connectivity index (χ1v) is 6.87. The van der Waals surface area contributed by atoms with Crippen LogP contribution in [0.4, 0.5) is 0 Å². The molecule has 0 bridgehead atoms. The van der Waals surface area contributed by atoms with Crippen molar-refractivity contribution in [1.29, 1.82) is 0 Å². The SMILES string of the molecule is COc1cc(OC)c(OC)cc1CN1CCC[C@H](O)C1. The van der Waals surface area contributed by atoms with Gasteiger partial charge in [0.1, 0.15) is 5.75 Å². The molecule has 0 amide bonds. The van der Waals surface area contributed by atoms with E-state index < -0.39 is 0 Å². The number of aliphatic hydroxyl groups excluding tert-OH is 1. The van der Waals surface area contributed by atoms with Gasteiger partial charge in [0.05, 0.1) is 27.4 Å². The largest absolute Gasteiger partial charge is 0.496 e. The smallest absolute Gasteiger partial charge is 0.164 e. The quantitative estimate of drug-likeness (QED) is 0.889. The fourth-order valence-corrected chi connectivity index (χ4v) is 2.63. The Morgan fingerprint density at radius 2 is 1.75 bits per heavy atom. The lowest BCUT2D eigenvalue weighted by molar-refractivity contribution is 0.0664. The average molecular weight is 281 g/mol. The molecule has 1 N–H and O–H groups in total. The van der Waals surface area contributed by atoms with Crippen LogP contribution in [0.15, 0.2) is 12.1 Å². The van der Waals surface area contributed by atoms with Gasteiger partial charge in [0.2, 0.25) is 0 Å². The van der Waals surface area contributed by atoms with Crippen molar-refractivity contribution < 1.29 is 19.3 Å². The summed E-state index contributed by atoms with van der Waals surface area (Å²) in [5.74, 6) is 2.13. The van der Waals surface area contributed by atoms with Crippen LogP contribution in [0.1, 0.15) is 18.4 Å². The molecule has 1 aromatic carbocycles. The molecule has 5 nitrogen and oxygen atoms in total. The highest BCUT2D eigenvalue weighted by Gasteiger charge is 2.20. The van der Waals surface area contributed by atoms with Gasteiger partial charge in [-0.2, -0.15) is 0 Å². The zero-order valence-electron chi connectivity index (χ0n) is 12.4. The average Bonchev–Trinajstić information content (AvgIpc) is 2.46. The van der Waals surface area contributed by atoms with Crippen LogP contribution in [0.5, 0.6) is 17.2 Å². The Bertz CT molecular complexity index is 450. The lowest BCUT2D eigenvalue weighted by atomic mass is 10.1. The number of ether oxygens (including phenoxy) is 3. The zero-order valence-corrected chi connectivity index (χ0v) is 12.4. The van der Waals surface area contributed by atoms with Gasteiger partial charge >= 0.3 is 0 Å². The minimum Gasteiger partial charge on any atom is -0.496 e. The van der Waals surface area contributed by atoms with Crippen molar-refractivity contribution in [1.82, 2.24) is 4.90 Å². The molecule has 2 rings (SSSR count). The van der Waals surface area contributed by atoms with Crippen LogP contribution >= 0.6 is 0 Å². The number of aliphatic hydroxyl groups is 1. The second kappa shape index (κ2) is 6.81. The Morgan fingerprint density at radius 1 is 1.10 bits per heavy atom. The predicted molar refractivity (Wildman–Crippen MR) is 76.6 cm³/mol. The molecule has 1 aliphatic rings. The Balaban J connectivity index is 2.21. The number of nitrogens with zero attached hydrogens (tertiary/aromatic N) is 1. The third-order valence-electron chi connectivity index (χ3n) is 3.66. The molecule has 0 spiro atoms. The third kappa shape index (κ3) is 3.35. The molecule has 1 aliphatic heterocycles. The van der Waals surface area contributed by atoms with E-state index in [1.54, 1.807) is 21.3 Å². The fourth-order valence-electron chi connectivity index (χ4n) is 2.63. The molecule has 1 heterocycles. The molecule has 20 heavy (non-hydrogen) atoms. The fraction of sp³-hybridized carbons (Fsp3) is 0.600. The summed E-state index contributed by atoms with van der Waals surface area (Å²) in [6.07, 6.45) is 1.69. The summed E-state index contributed by atoms with van der Waals surface area (Å²) >= 11 is 0. The Kier molecular flexibility index (Phi) is 5.09. The summed E-state index contributed by atoms with van der Waals surface area (Å²) in [4.78, 5) is 2.23. The van der Waals surface area contributed by atoms with Crippen molar-refractivity contribution in [3.63, 3.8) is 0 Å². The van der Waals surface area contributed by atoms with Gasteiger partial charge in [-0.3, -0.25) is 4.90 Å². The molecule has 112 valence electrons. The Labute approximate surface area is 120 Å². The maximum atomic E-state index is 9.75. The van der Waals surface area contributed by atoms with Crippen LogP contribution in [0.3, 0.4) is 0 Å². The van der Waals surface area contributed by atoms with Crippen LogP contribution in [-0.4, -0.2) is 50.5 Å².